The van der Waals surface area contributed by atoms with Gasteiger partial charge in [0.2, 0.25) is 0 Å². The van der Waals surface area contributed by atoms with Gasteiger partial charge in [-0.05, 0) is 54.1 Å². The van der Waals surface area contributed by atoms with Crippen molar-refractivity contribution >= 4 is 52.1 Å². The highest BCUT2D eigenvalue weighted by molar-refractivity contribution is 8.18. The molecular formula is C21H18Cl2N2O3S. The summed E-state index contributed by atoms with van der Waals surface area (Å²) in [5.41, 5.74) is 8.05. The van der Waals surface area contributed by atoms with Crippen LogP contribution in [-0.4, -0.2) is 18.2 Å². The van der Waals surface area contributed by atoms with Crippen LogP contribution >= 0.6 is 35.0 Å². The van der Waals surface area contributed by atoms with Crippen molar-refractivity contribution in [3.8, 4) is 11.5 Å². The van der Waals surface area contributed by atoms with Gasteiger partial charge in [-0.25, -0.2) is 0 Å². The number of carbonyl (C=O) groups excluding carboxylic acids is 1. The first-order valence-electron chi connectivity index (χ1n) is 8.58. The van der Waals surface area contributed by atoms with Crippen LogP contribution in [0.25, 0.3) is 6.08 Å². The Labute approximate surface area is 183 Å². The average molecular weight is 449 g/mol. The minimum Gasteiger partial charge on any atom is -0.493 e. The molecule has 150 valence electrons. The number of amides is 1. The Morgan fingerprint density at radius 2 is 2.03 bits per heavy atom. The minimum atomic E-state index is -0.352. The lowest BCUT2D eigenvalue weighted by Gasteiger charge is -2.16. The fourth-order valence-electron chi connectivity index (χ4n) is 2.76. The van der Waals surface area contributed by atoms with Gasteiger partial charge in [-0.1, -0.05) is 35.3 Å². The molecule has 3 rings (SSSR count). The molecule has 0 fully saturated rings. The number of rotatable bonds is 7. The average Bonchev–Trinajstić information content (AvgIpc) is 2.99. The van der Waals surface area contributed by atoms with E-state index in [1.807, 2.05) is 12.1 Å². The van der Waals surface area contributed by atoms with Gasteiger partial charge < -0.3 is 15.2 Å². The van der Waals surface area contributed by atoms with Gasteiger partial charge in [-0.2, -0.15) is 4.99 Å². The summed E-state index contributed by atoms with van der Waals surface area (Å²) in [6.45, 7) is 4.05. The van der Waals surface area contributed by atoms with E-state index in [4.69, 9.17) is 38.4 Å². The molecule has 8 heteroatoms. The van der Waals surface area contributed by atoms with Crippen LogP contribution in [0, 0.1) is 0 Å². The van der Waals surface area contributed by atoms with Crippen LogP contribution in [0.1, 0.15) is 16.7 Å². The van der Waals surface area contributed by atoms with Crippen LogP contribution in [0.4, 0.5) is 0 Å². The summed E-state index contributed by atoms with van der Waals surface area (Å²) in [6.07, 6.45) is 4.05. The summed E-state index contributed by atoms with van der Waals surface area (Å²) < 4.78 is 11.6. The van der Waals surface area contributed by atoms with Gasteiger partial charge in [0.1, 0.15) is 6.61 Å². The molecule has 0 saturated heterocycles. The molecule has 1 heterocycles. The molecule has 2 aromatic carbocycles. The summed E-state index contributed by atoms with van der Waals surface area (Å²) in [4.78, 5) is 16.1. The maximum atomic E-state index is 11.9. The van der Waals surface area contributed by atoms with Gasteiger partial charge >= 0.3 is 0 Å². The van der Waals surface area contributed by atoms with E-state index in [9.17, 15) is 4.79 Å². The number of aliphatic imine (C=N–C) groups is 1. The number of amidine groups is 1. The molecule has 5 nitrogen and oxygen atoms in total. The molecule has 0 aliphatic carbocycles. The van der Waals surface area contributed by atoms with Crippen molar-refractivity contribution < 1.29 is 14.3 Å². The van der Waals surface area contributed by atoms with Crippen LogP contribution in [0.3, 0.4) is 0 Å². The van der Waals surface area contributed by atoms with Crippen molar-refractivity contribution in [2.75, 3.05) is 7.11 Å². The Balaban J connectivity index is 1.93. The maximum absolute atomic E-state index is 11.9. The van der Waals surface area contributed by atoms with Crippen LogP contribution in [0.15, 0.2) is 52.9 Å². The second-order valence-corrected chi connectivity index (χ2v) is 8.00. The number of allylic oxidation sites excluding steroid dienone is 1. The standard InChI is InChI=1S/C21H18Cl2N2O3S/c1-3-4-13-7-12(9-18-20(26)25-21(24)29-18)8-17(27-2)19(13)28-11-14-5-6-15(22)10-16(14)23/h3,5-10H,1,4,11H2,2H3,(H2,24,25,26). The molecule has 1 aliphatic heterocycles. The molecule has 0 aromatic heterocycles. The lowest BCUT2D eigenvalue weighted by atomic mass is 10.0. The highest BCUT2D eigenvalue weighted by atomic mass is 35.5. The fourth-order valence-corrected chi connectivity index (χ4v) is 3.90. The third-order valence-electron chi connectivity index (χ3n) is 4.06. The normalized spacial score (nSPS) is 14.8. The fraction of sp³-hybridized carbons (Fsp3) is 0.143. The Morgan fingerprint density at radius 1 is 1.24 bits per heavy atom. The largest absolute Gasteiger partial charge is 0.493 e. The molecule has 0 spiro atoms. The van der Waals surface area contributed by atoms with Crippen LogP contribution in [0.5, 0.6) is 11.5 Å². The number of benzene rings is 2. The van der Waals surface area contributed by atoms with Crippen molar-refractivity contribution in [1.82, 2.24) is 0 Å². The highest BCUT2D eigenvalue weighted by Crippen LogP contribution is 2.36. The molecule has 1 aliphatic rings. The predicted molar refractivity (Wildman–Crippen MR) is 120 cm³/mol. The summed E-state index contributed by atoms with van der Waals surface area (Å²) in [5.74, 6) is 0.766. The molecule has 2 aromatic rings. The number of carbonyl (C=O) groups is 1. The van der Waals surface area contributed by atoms with Crippen LogP contribution in [0.2, 0.25) is 10.0 Å². The first kappa shape index (κ1) is 21.3. The molecule has 29 heavy (non-hydrogen) atoms. The van der Waals surface area contributed by atoms with E-state index in [1.165, 1.54) is 0 Å². The molecule has 0 saturated carbocycles. The van der Waals surface area contributed by atoms with Gasteiger partial charge in [0.05, 0.1) is 12.0 Å². The first-order valence-corrected chi connectivity index (χ1v) is 10.1. The SMILES string of the molecule is C=CCc1cc(C=C2SC(N)=NC2=O)cc(OC)c1OCc1ccc(Cl)cc1Cl. The van der Waals surface area contributed by atoms with Gasteiger partial charge in [-0.15, -0.1) is 6.58 Å². The van der Waals surface area contributed by atoms with Crippen molar-refractivity contribution in [2.45, 2.75) is 13.0 Å². The second kappa shape index (κ2) is 9.39. The molecule has 0 atom stereocenters. The lowest BCUT2D eigenvalue weighted by Crippen LogP contribution is -2.02. The molecule has 0 bridgehead atoms. The van der Waals surface area contributed by atoms with Gasteiger partial charge in [0.15, 0.2) is 16.7 Å². The Hall–Kier alpha value is -2.41. The summed E-state index contributed by atoms with van der Waals surface area (Å²) >= 11 is 13.3. The number of hydrogen-bond acceptors (Lipinski definition) is 5. The van der Waals surface area contributed by atoms with Gasteiger partial charge in [-0.3, -0.25) is 4.79 Å². The number of nitrogens with two attached hydrogens (primary N) is 1. The lowest BCUT2D eigenvalue weighted by molar-refractivity contribution is -0.113. The monoisotopic (exact) mass is 448 g/mol. The minimum absolute atomic E-state index is 0.235. The van der Waals surface area contributed by atoms with E-state index in [0.29, 0.717) is 32.9 Å². The van der Waals surface area contributed by atoms with Crippen molar-refractivity contribution in [2.24, 2.45) is 10.7 Å². The van der Waals surface area contributed by atoms with Crippen LogP contribution < -0.4 is 15.2 Å². The third kappa shape index (κ3) is 5.15. The Morgan fingerprint density at radius 3 is 2.66 bits per heavy atom. The van der Waals surface area contributed by atoms with Crippen molar-refractivity contribution in [1.29, 1.82) is 0 Å². The van der Waals surface area contributed by atoms with Gasteiger partial charge in [0.25, 0.3) is 5.91 Å². The predicted octanol–water partition coefficient (Wildman–Crippen LogP) is 5.24. The molecule has 0 radical (unpaired) electrons. The zero-order chi connectivity index (χ0) is 21.0. The van der Waals surface area contributed by atoms with E-state index >= 15 is 0 Å². The number of halogens is 2. The topological polar surface area (TPSA) is 73.9 Å². The third-order valence-corrected chi connectivity index (χ3v) is 5.46. The zero-order valence-electron chi connectivity index (χ0n) is 15.6. The number of methoxy groups -OCH3 is 1. The van der Waals surface area contributed by atoms with E-state index in [0.717, 1.165) is 28.5 Å². The van der Waals surface area contributed by atoms with E-state index in [1.54, 1.807) is 37.5 Å². The molecular weight excluding hydrogens is 431 g/mol. The number of thioether (sulfide) groups is 1. The van der Waals surface area contributed by atoms with Crippen molar-refractivity contribution in [3.05, 3.63) is 74.6 Å². The zero-order valence-corrected chi connectivity index (χ0v) is 17.9. The van der Waals surface area contributed by atoms with Crippen molar-refractivity contribution in [3.63, 3.8) is 0 Å². The van der Waals surface area contributed by atoms with E-state index in [2.05, 4.69) is 11.6 Å². The number of hydrogen-bond donors (Lipinski definition) is 1. The Bertz CT molecular complexity index is 1030. The number of ether oxygens (including phenoxy) is 2. The first-order chi connectivity index (χ1) is 13.9. The second-order valence-electron chi connectivity index (χ2n) is 6.09. The smallest absolute Gasteiger partial charge is 0.286 e. The molecule has 2 N–H and O–H groups in total. The van der Waals surface area contributed by atoms with E-state index < -0.39 is 0 Å². The summed E-state index contributed by atoms with van der Waals surface area (Å²) in [5, 5.41) is 1.32. The maximum Gasteiger partial charge on any atom is 0.286 e. The van der Waals surface area contributed by atoms with Gasteiger partial charge in [0, 0.05) is 21.2 Å². The molecule has 0 unspecified atom stereocenters. The van der Waals surface area contributed by atoms with Crippen LogP contribution in [-0.2, 0) is 17.8 Å². The quantitative estimate of drug-likeness (QED) is 0.462. The number of nitrogens with zero attached hydrogens (tertiary/aromatic N) is 1. The Kier molecular flexibility index (Phi) is 6.90. The summed E-state index contributed by atoms with van der Waals surface area (Å²) in [6, 6.07) is 8.95. The van der Waals surface area contributed by atoms with E-state index in [-0.39, 0.29) is 17.7 Å². The summed E-state index contributed by atoms with van der Waals surface area (Å²) in [7, 11) is 1.56. The highest BCUT2D eigenvalue weighted by Gasteiger charge is 2.20. The molecule has 1 amide bonds.